The van der Waals surface area contributed by atoms with E-state index in [0.717, 1.165) is 87.1 Å². The van der Waals surface area contributed by atoms with Crippen LogP contribution < -0.4 is 16.0 Å². The number of nitrogens with zero attached hydrogens (tertiary/aromatic N) is 4. The molecule has 302 valence electrons. The normalized spacial score (nSPS) is 25.7. The fourth-order valence-electron chi connectivity index (χ4n) is 9.87. The number of methoxy groups -OCH3 is 1. The van der Waals surface area contributed by atoms with Gasteiger partial charge in [0.25, 0.3) is 0 Å². The van der Waals surface area contributed by atoms with Crippen LogP contribution in [0.3, 0.4) is 0 Å². The summed E-state index contributed by atoms with van der Waals surface area (Å²) in [6, 6.07) is 7.03. The molecule has 3 aliphatic carbocycles. The van der Waals surface area contributed by atoms with Gasteiger partial charge in [0.1, 0.15) is 23.7 Å². The van der Waals surface area contributed by atoms with E-state index in [1.54, 1.807) is 7.05 Å². The predicted octanol–water partition coefficient (Wildman–Crippen LogP) is 6.00. The van der Waals surface area contributed by atoms with Crippen molar-refractivity contribution in [2.75, 3.05) is 27.2 Å². The summed E-state index contributed by atoms with van der Waals surface area (Å²) in [6.45, 7) is 9.02. The van der Waals surface area contributed by atoms with Crippen molar-refractivity contribution in [3.05, 3.63) is 59.6 Å². The lowest BCUT2D eigenvalue weighted by Crippen LogP contribution is -2.53. The molecular weight excluding hydrogens is 711 g/mol. The smallest absolute Gasteiger partial charge is 0.407 e. The van der Waals surface area contributed by atoms with Crippen molar-refractivity contribution >= 4 is 23.9 Å². The van der Waals surface area contributed by atoms with Crippen LogP contribution in [-0.4, -0.2) is 93.0 Å². The maximum Gasteiger partial charge on any atom is 0.407 e. The number of hydrogen-bond donors (Lipinski definition) is 5. The lowest BCUT2D eigenvalue weighted by atomic mass is 9.51. The number of nitrogens with one attached hydrogen (secondary N) is 5. The van der Waals surface area contributed by atoms with E-state index in [2.05, 4.69) is 50.2 Å². The van der Waals surface area contributed by atoms with Crippen molar-refractivity contribution < 1.29 is 23.9 Å². The number of benzene rings is 1. The number of carbonyl (C=O) groups is 4. The number of urea groups is 1. The third kappa shape index (κ3) is 7.38. The lowest BCUT2D eigenvalue weighted by molar-refractivity contribution is -0.136. The Labute approximate surface area is 329 Å². The molecule has 14 heteroatoms. The standard InChI is InChI=1S/C42H59N9O5/c1-25(2)33(48-39(54)43-5)37(52)51-22-8-10-31(51)36-45-24-32(47-36)42-18-15-41(16-19-42,17-20-42)28-13-11-27(12-14-28)29-23-44-35(46-29)30-9-7-21-50(30)38(53)34(26(3)4)49-40(55)56-6/h11-14,23-26,30-31,33-34H,7-10,15-22H2,1-6H3,(H,44,46)(H,45,47)(H,49,55)(H2,43,48,54)/t30-,31-,33-,34-,41?,42?/m0/s1. The average Bonchev–Trinajstić information content (AvgIpc) is 4.06. The second kappa shape index (κ2) is 15.9. The molecule has 0 spiro atoms. The Morgan fingerprint density at radius 3 is 1.80 bits per heavy atom. The van der Waals surface area contributed by atoms with Gasteiger partial charge < -0.3 is 40.5 Å². The first-order valence-corrected chi connectivity index (χ1v) is 20.5. The summed E-state index contributed by atoms with van der Waals surface area (Å²) in [6.07, 6.45) is 13.3. The highest BCUT2D eigenvalue weighted by Gasteiger charge is 2.51. The van der Waals surface area contributed by atoms with Crippen LogP contribution in [0.25, 0.3) is 11.3 Å². The molecule has 2 aliphatic heterocycles. The number of likely N-dealkylation sites (tertiary alicyclic amines) is 2. The van der Waals surface area contributed by atoms with Crippen LogP contribution in [0.5, 0.6) is 0 Å². The number of rotatable bonds is 11. The Bertz CT molecular complexity index is 1880. The summed E-state index contributed by atoms with van der Waals surface area (Å²) in [5.41, 5.74) is 4.76. The minimum absolute atomic E-state index is 0.0409. The van der Waals surface area contributed by atoms with Crippen LogP contribution in [0, 0.1) is 11.8 Å². The van der Waals surface area contributed by atoms with Crippen LogP contribution in [0.2, 0.25) is 0 Å². The highest BCUT2D eigenvalue weighted by Crippen LogP contribution is 2.58. The summed E-state index contributed by atoms with van der Waals surface area (Å²) >= 11 is 0. The molecule has 0 unspecified atom stereocenters. The zero-order chi connectivity index (χ0) is 39.8. The molecule has 2 saturated heterocycles. The Kier molecular flexibility index (Phi) is 11.2. The SMILES string of the molecule is CNC(=O)N[C@H](C(=O)N1CCC[C@H]1c1ncc(C23CCC(c4ccc(-c5cnc([C@@H]6CCCN6C(=O)[C@@H](NC(=O)OC)C(C)C)[nH]5)cc4)(CC2)CC3)[nH]1)C(C)C. The van der Waals surface area contributed by atoms with E-state index >= 15 is 0 Å². The number of H-pyrrole nitrogens is 2. The first-order valence-electron chi connectivity index (χ1n) is 20.5. The number of aromatic amines is 2. The third-order valence-corrected chi connectivity index (χ3v) is 13.4. The van der Waals surface area contributed by atoms with Gasteiger partial charge in [0, 0.05) is 37.4 Å². The molecule has 5 aliphatic rings. The number of fused-ring (bicyclic) bond motifs is 3. The Morgan fingerprint density at radius 2 is 1.27 bits per heavy atom. The fraction of sp³-hybridized carbons (Fsp3) is 0.619. The molecule has 4 atom stereocenters. The van der Waals surface area contributed by atoms with E-state index in [9.17, 15) is 19.2 Å². The summed E-state index contributed by atoms with van der Waals surface area (Å²) in [5, 5.41) is 8.14. The number of alkyl carbamates (subject to hydrolysis) is 1. The van der Waals surface area contributed by atoms with Crippen LogP contribution in [0.15, 0.2) is 36.7 Å². The summed E-state index contributed by atoms with van der Waals surface area (Å²) in [7, 11) is 2.86. The highest BCUT2D eigenvalue weighted by atomic mass is 16.5. The molecule has 3 aromatic rings. The van der Waals surface area contributed by atoms with Gasteiger partial charge in [-0.25, -0.2) is 19.6 Å². The zero-order valence-electron chi connectivity index (χ0n) is 33.7. The minimum atomic E-state index is -0.671. The Hall–Kier alpha value is -4.88. The molecular formula is C42H59N9O5. The number of hydrogen-bond acceptors (Lipinski definition) is 7. The molecule has 1 aromatic carbocycles. The quantitative estimate of drug-likeness (QED) is 0.159. The zero-order valence-corrected chi connectivity index (χ0v) is 33.7. The molecule has 2 bridgehead atoms. The molecule has 5 N–H and O–H groups in total. The van der Waals surface area contributed by atoms with E-state index in [1.807, 2.05) is 49.9 Å². The van der Waals surface area contributed by atoms with E-state index in [1.165, 1.54) is 18.4 Å². The number of aromatic nitrogens is 4. The first-order chi connectivity index (χ1) is 26.9. The maximum atomic E-state index is 13.7. The molecule has 56 heavy (non-hydrogen) atoms. The van der Waals surface area contributed by atoms with Crippen molar-refractivity contribution in [2.24, 2.45) is 11.8 Å². The lowest BCUT2D eigenvalue weighted by Gasteiger charge is -2.53. The first kappa shape index (κ1) is 39.4. The number of ether oxygens (including phenoxy) is 1. The van der Waals surface area contributed by atoms with Gasteiger partial charge >= 0.3 is 12.1 Å². The maximum absolute atomic E-state index is 13.7. The number of amides is 5. The largest absolute Gasteiger partial charge is 0.453 e. The Balaban J connectivity index is 0.994. The van der Waals surface area contributed by atoms with Gasteiger partial charge in [-0.15, -0.1) is 0 Å². The summed E-state index contributed by atoms with van der Waals surface area (Å²) in [5.74, 6) is 1.31. The minimum Gasteiger partial charge on any atom is -0.453 e. The molecule has 5 fully saturated rings. The van der Waals surface area contributed by atoms with Crippen LogP contribution >= 0.6 is 0 Å². The molecule has 14 nitrogen and oxygen atoms in total. The molecule has 3 saturated carbocycles. The third-order valence-electron chi connectivity index (χ3n) is 13.4. The fourth-order valence-corrected chi connectivity index (χ4v) is 9.87. The monoisotopic (exact) mass is 769 g/mol. The van der Waals surface area contributed by atoms with Crippen LogP contribution in [0.1, 0.15) is 127 Å². The number of carbonyl (C=O) groups excluding carboxylic acids is 4. The average molecular weight is 770 g/mol. The topological polar surface area (TPSA) is 177 Å². The molecule has 4 heterocycles. The van der Waals surface area contributed by atoms with E-state index < -0.39 is 18.2 Å². The second-order valence-electron chi connectivity index (χ2n) is 17.2. The van der Waals surface area contributed by atoms with Gasteiger partial charge in [0.05, 0.1) is 31.1 Å². The van der Waals surface area contributed by atoms with Gasteiger partial charge in [-0.2, -0.15) is 0 Å². The van der Waals surface area contributed by atoms with E-state index in [-0.39, 0.29) is 52.6 Å². The highest BCUT2D eigenvalue weighted by molar-refractivity contribution is 5.88. The van der Waals surface area contributed by atoms with Crippen molar-refractivity contribution in [3.63, 3.8) is 0 Å². The number of imidazole rings is 2. The molecule has 5 amide bonds. The van der Waals surface area contributed by atoms with Gasteiger partial charge in [-0.1, -0.05) is 52.0 Å². The van der Waals surface area contributed by atoms with Crippen molar-refractivity contribution in [3.8, 4) is 11.3 Å². The van der Waals surface area contributed by atoms with Crippen molar-refractivity contribution in [1.82, 2.24) is 45.7 Å². The van der Waals surface area contributed by atoms with E-state index in [0.29, 0.717) is 13.1 Å². The summed E-state index contributed by atoms with van der Waals surface area (Å²) < 4.78 is 4.78. The van der Waals surface area contributed by atoms with Gasteiger partial charge in [0.2, 0.25) is 11.8 Å². The predicted molar refractivity (Wildman–Crippen MR) is 211 cm³/mol. The van der Waals surface area contributed by atoms with Gasteiger partial charge in [-0.3, -0.25) is 9.59 Å². The molecule has 2 aromatic heterocycles. The van der Waals surface area contributed by atoms with Gasteiger partial charge in [0.15, 0.2) is 0 Å². The molecule has 0 radical (unpaired) electrons. The van der Waals surface area contributed by atoms with E-state index in [4.69, 9.17) is 14.7 Å². The summed E-state index contributed by atoms with van der Waals surface area (Å²) in [4.78, 5) is 72.0. The van der Waals surface area contributed by atoms with Crippen molar-refractivity contribution in [1.29, 1.82) is 0 Å². The van der Waals surface area contributed by atoms with Crippen LogP contribution in [-0.2, 0) is 25.2 Å². The molecule has 8 rings (SSSR count). The van der Waals surface area contributed by atoms with Crippen molar-refractivity contribution in [2.45, 2.75) is 127 Å². The van der Waals surface area contributed by atoms with Gasteiger partial charge in [-0.05, 0) is 92.6 Å². The second-order valence-corrected chi connectivity index (χ2v) is 17.2. The Morgan fingerprint density at radius 1 is 0.750 bits per heavy atom. The van der Waals surface area contributed by atoms with Crippen LogP contribution in [0.4, 0.5) is 9.59 Å².